The summed E-state index contributed by atoms with van der Waals surface area (Å²) in [6.07, 6.45) is -3.50. The van der Waals surface area contributed by atoms with Gasteiger partial charge in [0.1, 0.15) is 0 Å². The highest BCUT2D eigenvalue weighted by Crippen LogP contribution is 2.34. The molecule has 0 radical (unpaired) electrons. The molecule has 0 amide bonds. The van der Waals surface area contributed by atoms with Crippen LogP contribution in [0.4, 0.5) is 13.2 Å². The molecule has 1 unspecified atom stereocenters. The Kier molecular flexibility index (Phi) is 5.68. The topological polar surface area (TPSA) is 15.3 Å². The lowest BCUT2D eigenvalue weighted by Crippen LogP contribution is -2.44. The summed E-state index contributed by atoms with van der Waals surface area (Å²) < 4.78 is 37.7. The average Bonchev–Trinajstić information content (AvgIpc) is 2.25. The van der Waals surface area contributed by atoms with Gasteiger partial charge in [0.15, 0.2) is 0 Å². The van der Waals surface area contributed by atoms with Gasteiger partial charge in [-0.05, 0) is 59.2 Å². The first-order valence-corrected chi connectivity index (χ1v) is 7.12. The Balaban J connectivity index is 2.25. The summed E-state index contributed by atoms with van der Waals surface area (Å²) in [5.41, 5.74) is 0.0948. The van der Waals surface area contributed by atoms with Gasteiger partial charge in [0, 0.05) is 12.1 Å². The fourth-order valence-electron chi connectivity index (χ4n) is 2.43. The number of hydrogen-bond acceptors (Lipinski definition) is 2. The van der Waals surface area contributed by atoms with Crippen LogP contribution < -0.4 is 5.32 Å². The zero-order valence-electron chi connectivity index (χ0n) is 12.5. The molecule has 0 aromatic carbocycles. The average molecular weight is 280 g/mol. The Morgan fingerprint density at radius 1 is 1.16 bits per heavy atom. The van der Waals surface area contributed by atoms with Crippen LogP contribution in [0.1, 0.15) is 40.5 Å². The van der Waals surface area contributed by atoms with Gasteiger partial charge in [-0.1, -0.05) is 6.92 Å². The van der Waals surface area contributed by atoms with Crippen LogP contribution in [-0.2, 0) is 0 Å². The van der Waals surface area contributed by atoms with E-state index in [0.717, 1.165) is 13.1 Å². The molecule has 0 aliphatic carbocycles. The van der Waals surface area contributed by atoms with Crippen molar-refractivity contribution < 1.29 is 13.2 Å². The van der Waals surface area contributed by atoms with Gasteiger partial charge in [0.25, 0.3) is 0 Å². The molecule has 1 heterocycles. The van der Waals surface area contributed by atoms with Crippen molar-refractivity contribution in [1.29, 1.82) is 0 Å². The Labute approximate surface area is 114 Å². The molecule has 1 rings (SSSR count). The summed E-state index contributed by atoms with van der Waals surface area (Å²) in [5, 5.41) is 3.44. The molecule has 0 aromatic rings. The first kappa shape index (κ1) is 16.8. The van der Waals surface area contributed by atoms with E-state index < -0.39 is 12.1 Å². The zero-order valence-corrected chi connectivity index (χ0v) is 12.5. The number of rotatable bonds is 4. The molecule has 19 heavy (non-hydrogen) atoms. The lowest BCUT2D eigenvalue weighted by molar-refractivity contribution is -0.185. The van der Waals surface area contributed by atoms with Gasteiger partial charge in [-0.25, -0.2) is 0 Å². The SMILES string of the molecule is CC(CNC(C)(C)C)CN1CCC(C(F)(F)F)CC1. The van der Waals surface area contributed by atoms with Crippen molar-refractivity contribution in [3.63, 3.8) is 0 Å². The Morgan fingerprint density at radius 3 is 2.11 bits per heavy atom. The van der Waals surface area contributed by atoms with Crippen molar-refractivity contribution in [2.45, 2.75) is 52.3 Å². The van der Waals surface area contributed by atoms with E-state index in [2.05, 4.69) is 37.9 Å². The van der Waals surface area contributed by atoms with Crippen LogP contribution in [0.2, 0.25) is 0 Å². The normalized spacial score (nSPS) is 21.6. The standard InChI is InChI=1S/C14H27F3N2/c1-11(9-18-13(2,3)4)10-19-7-5-12(6-8-19)14(15,16)17/h11-12,18H,5-10H2,1-4H3. The Hall–Kier alpha value is -0.290. The van der Waals surface area contributed by atoms with Crippen LogP contribution in [0, 0.1) is 11.8 Å². The molecule has 0 bridgehead atoms. The first-order chi connectivity index (χ1) is 8.58. The van der Waals surface area contributed by atoms with Crippen LogP contribution in [-0.4, -0.2) is 42.8 Å². The molecule has 1 saturated heterocycles. The minimum Gasteiger partial charge on any atom is -0.312 e. The van der Waals surface area contributed by atoms with E-state index in [9.17, 15) is 13.2 Å². The number of hydrogen-bond donors (Lipinski definition) is 1. The predicted octanol–water partition coefficient (Wildman–Crippen LogP) is 3.28. The van der Waals surface area contributed by atoms with E-state index in [0.29, 0.717) is 19.0 Å². The largest absolute Gasteiger partial charge is 0.391 e. The highest BCUT2D eigenvalue weighted by molar-refractivity contribution is 4.79. The fraction of sp³-hybridized carbons (Fsp3) is 1.00. The molecule has 1 N–H and O–H groups in total. The van der Waals surface area contributed by atoms with E-state index in [1.807, 2.05) is 0 Å². The highest BCUT2D eigenvalue weighted by atomic mass is 19.4. The second-order valence-electron chi connectivity index (χ2n) is 6.85. The highest BCUT2D eigenvalue weighted by Gasteiger charge is 2.41. The van der Waals surface area contributed by atoms with Gasteiger partial charge in [-0.2, -0.15) is 13.2 Å². The van der Waals surface area contributed by atoms with E-state index in [1.54, 1.807) is 0 Å². The summed E-state index contributed by atoms with van der Waals surface area (Å²) in [4.78, 5) is 2.16. The quantitative estimate of drug-likeness (QED) is 0.850. The zero-order chi connectivity index (χ0) is 14.7. The Morgan fingerprint density at radius 2 is 1.68 bits per heavy atom. The summed E-state index contributed by atoms with van der Waals surface area (Å²) in [6.45, 7) is 11.4. The van der Waals surface area contributed by atoms with Crippen molar-refractivity contribution in [2.75, 3.05) is 26.2 Å². The lowest BCUT2D eigenvalue weighted by Gasteiger charge is -2.34. The molecule has 1 aliphatic rings. The number of piperidine rings is 1. The predicted molar refractivity (Wildman–Crippen MR) is 72.1 cm³/mol. The molecule has 0 saturated carbocycles. The third kappa shape index (κ3) is 6.61. The number of likely N-dealkylation sites (tertiary alicyclic amines) is 1. The number of alkyl halides is 3. The molecule has 0 spiro atoms. The molecule has 114 valence electrons. The van der Waals surface area contributed by atoms with Crippen molar-refractivity contribution in [2.24, 2.45) is 11.8 Å². The number of nitrogens with zero attached hydrogens (tertiary/aromatic N) is 1. The lowest BCUT2D eigenvalue weighted by atomic mass is 9.95. The summed E-state index contributed by atoms with van der Waals surface area (Å²) in [5.74, 6) is -0.631. The maximum atomic E-state index is 12.6. The smallest absolute Gasteiger partial charge is 0.312 e. The number of halogens is 3. The summed E-state index contributed by atoms with van der Waals surface area (Å²) in [6, 6.07) is 0. The van der Waals surface area contributed by atoms with Gasteiger partial charge in [-0.15, -0.1) is 0 Å². The van der Waals surface area contributed by atoms with E-state index in [4.69, 9.17) is 0 Å². The molecule has 0 aromatic heterocycles. The van der Waals surface area contributed by atoms with Crippen molar-refractivity contribution in [3.8, 4) is 0 Å². The maximum absolute atomic E-state index is 12.6. The third-order valence-corrected chi connectivity index (χ3v) is 3.60. The van der Waals surface area contributed by atoms with Gasteiger partial charge < -0.3 is 10.2 Å². The Bertz CT molecular complexity index is 263. The molecule has 1 fully saturated rings. The fourth-order valence-corrected chi connectivity index (χ4v) is 2.43. The van der Waals surface area contributed by atoms with Crippen LogP contribution in [0.3, 0.4) is 0 Å². The van der Waals surface area contributed by atoms with E-state index in [1.165, 1.54) is 0 Å². The van der Waals surface area contributed by atoms with E-state index in [-0.39, 0.29) is 18.4 Å². The minimum atomic E-state index is -4.01. The second kappa shape index (κ2) is 6.44. The summed E-state index contributed by atoms with van der Waals surface area (Å²) in [7, 11) is 0. The monoisotopic (exact) mass is 280 g/mol. The van der Waals surface area contributed by atoms with E-state index >= 15 is 0 Å². The molecular formula is C14H27F3N2. The van der Waals surface area contributed by atoms with Gasteiger partial charge >= 0.3 is 6.18 Å². The van der Waals surface area contributed by atoms with Crippen LogP contribution in [0.15, 0.2) is 0 Å². The summed E-state index contributed by atoms with van der Waals surface area (Å²) >= 11 is 0. The molecule has 2 nitrogen and oxygen atoms in total. The van der Waals surface area contributed by atoms with Gasteiger partial charge in [0.05, 0.1) is 5.92 Å². The molecule has 1 atom stereocenters. The maximum Gasteiger partial charge on any atom is 0.391 e. The van der Waals surface area contributed by atoms with Crippen molar-refractivity contribution in [1.82, 2.24) is 10.2 Å². The van der Waals surface area contributed by atoms with Crippen LogP contribution in [0.5, 0.6) is 0 Å². The van der Waals surface area contributed by atoms with Crippen LogP contribution >= 0.6 is 0 Å². The van der Waals surface area contributed by atoms with Gasteiger partial charge in [-0.3, -0.25) is 0 Å². The van der Waals surface area contributed by atoms with Gasteiger partial charge in [0.2, 0.25) is 0 Å². The first-order valence-electron chi connectivity index (χ1n) is 7.12. The molecule has 1 aliphatic heterocycles. The second-order valence-corrected chi connectivity index (χ2v) is 6.85. The van der Waals surface area contributed by atoms with Crippen molar-refractivity contribution in [3.05, 3.63) is 0 Å². The molecular weight excluding hydrogens is 253 g/mol. The molecule has 5 heteroatoms. The number of nitrogens with one attached hydrogen (secondary N) is 1. The third-order valence-electron chi connectivity index (χ3n) is 3.60. The van der Waals surface area contributed by atoms with Crippen LogP contribution in [0.25, 0.3) is 0 Å². The van der Waals surface area contributed by atoms with Crippen molar-refractivity contribution >= 4 is 0 Å². The minimum absolute atomic E-state index is 0.0948.